The van der Waals surface area contributed by atoms with Gasteiger partial charge in [-0.05, 0) is 18.6 Å². The zero-order valence-electron chi connectivity index (χ0n) is 10.7. The second-order valence-electron chi connectivity index (χ2n) is 3.71. The number of aromatic nitrogens is 3. The van der Waals surface area contributed by atoms with E-state index in [2.05, 4.69) is 20.5 Å². The lowest BCUT2D eigenvalue weighted by molar-refractivity contribution is 0.211. The molecule has 2 aromatic heterocycles. The molecule has 0 spiro atoms. The van der Waals surface area contributed by atoms with Gasteiger partial charge < -0.3 is 10.1 Å². The van der Waals surface area contributed by atoms with E-state index in [0.29, 0.717) is 6.61 Å². The summed E-state index contributed by atoms with van der Waals surface area (Å²) in [5, 5.41) is 12.2. The van der Waals surface area contributed by atoms with Crippen LogP contribution in [-0.4, -0.2) is 41.2 Å². The van der Waals surface area contributed by atoms with Crippen molar-refractivity contribution in [2.75, 3.05) is 31.3 Å². The highest BCUT2D eigenvalue weighted by molar-refractivity contribution is 8.01. The smallest absolute Gasteiger partial charge is 0.206 e. The number of hydrogen-bond donors (Lipinski definition) is 1. The number of hydrogen-bond acceptors (Lipinski definition) is 7. The maximum Gasteiger partial charge on any atom is 0.206 e. The van der Waals surface area contributed by atoms with Crippen LogP contribution >= 0.6 is 23.1 Å². The zero-order chi connectivity index (χ0) is 13.3. The van der Waals surface area contributed by atoms with Gasteiger partial charge in [0.1, 0.15) is 0 Å². The molecule has 5 nitrogen and oxygen atoms in total. The lowest BCUT2D eigenvalue weighted by Crippen LogP contribution is -2.06. The Hall–Kier alpha value is -1.18. The van der Waals surface area contributed by atoms with Gasteiger partial charge in [0.25, 0.3) is 0 Å². The number of thioether (sulfide) groups is 1. The van der Waals surface area contributed by atoms with E-state index < -0.39 is 0 Å². The van der Waals surface area contributed by atoms with Crippen LogP contribution in [0.1, 0.15) is 5.69 Å². The summed E-state index contributed by atoms with van der Waals surface area (Å²) in [7, 11) is 1.68. The Morgan fingerprint density at radius 3 is 3.11 bits per heavy atom. The highest BCUT2D eigenvalue weighted by Crippen LogP contribution is 2.25. The average molecular weight is 296 g/mol. The Morgan fingerprint density at radius 1 is 1.37 bits per heavy atom. The van der Waals surface area contributed by atoms with Gasteiger partial charge in [-0.2, -0.15) is 0 Å². The topological polar surface area (TPSA) is 59.9 Å². The molecule has 0 saturated carbocycles. The van der Waals surface area contributed by atoms with E-state index in [0.717, 1.165) is 33.9 Å². The number of nitrogens with one attached hydrogen (secondary N) is 1. The molecule has 1 N–H and O–H groups in total. The number of methoxy groups -OCH3 is 1. The summed E-state index contributed by atoms with van der Waals surface area (Å²) in [6.07, 6.45) is 2.76. The number of pyridine rings is 1. The molecule has 0 atom stereocenters. The first-order chi connectivity index (χ1) is 9.38. The van der Waals surface area contributed by atoms with Crippen LogP contribution in [0, 0.1) is 0 Å². The third-order valence-corrected chi connectivity index (χ3v) is 4.31. The molecular weight excluding hydrogens is 280 g/mol. The maximum atomic E-state index is 4.97. The van der Waals surface area contributed by atoms with Gasteiger partial charge in [-0.3, -0.25) is 4.98 Å². The molecule has 2 heterocycles. The lowest BCUT2D eigenvalue weighted by atomic mass is 10.3. The van der Waals surface area contributed by atoms with Crippen molar-refractivity contribution in [1.82, 2.24) is 15.2 Å². The van der Waals surface area contributed by atoms with Crippen LogP contribution < -0.4 is 5.32 Å². The van der Waals surface area contributed by atoms with Gasteiger partial charge in [-0.1, -0.05) is 29.2 Å². The molecule has 0 bridgehead atoms. The summed E-state index contributed by atoms with van der Waals surface area (Å²) in [5.74, 6) is 0.962. The van der Waals surface area contributed by atoms with Crippen LogP contribution in [0.5, 0.6) is 0 Å². The van der Waals surface area contributed by atoms with E-state index in [1.54, 1.807) is 30.2 Å². The van der Waals surface area contributed by atoms with E-state index in [1.165, 1.54) is 0 Å². The molecule has 0 saturated heterocycles. The summed E-state index contributed by atoms with van der Waals surface area (Å²) < 4.78 is 5.95. The lowest BCUT2D eigenvalue weighted by Gasteiger charge is -1.99. The fraction of sp³-hybridized carbons (Fsp3) is 0.417. The predicted octanol–water partition coefficient (Wildman–Crippen LogP) is 2.33. The molecule has 0 fully saturated rings. The van der Waals surface area contributed by atoms with Gasteiger partial charge in [-0.25, -0.2) is 0 Å². The molecule has 102 valence electrons. The number of ether oxygens (including phenoxy) is 1. The van der Waals surface area contributed by atoms with Gasteiger partial charge in [0.2, 0.25) is 5.13 Å². The van der Waals surface area contributed by atoms with Crippen molar-refractivity contribution in [3.8, 4) is 0 Å². The second-order valence-corrected chi connectivity index (χ2v) is 6.03. The Balaban J connectivity index is 1.71. The van der Waals surface area contributed by atoms with Gasteiger partial charge >= 0.3 is 0 Å². The molecule has 0 aliphatic rings. The van der Waals surface area contributed by atoms with Crippen molar-refractivity contribution < 1.29 is 4.74 Å². The third kappa shape index (κ3) is 5.14. The molecule has 2 rings (SSSR count). The minimum Gasteiger partial charge on any atom is -0.383 e. The molecule has 0 aliphatic heterocycles. The zero-order valence-corrected chi connectivity index (χ0v) is 12.3. The molecule has 0 aliphatic carbocycles. The van der Waals surface area contributed by atoms with Crippen LogP contribution in [0.25, 0.3) is 0 Å². The number of aryl methyl sites for hydroxylation is 1. The van der Waals surface area contributed by atoms with Gasteiger partial charge in [0, 0.05) is 31.3 Å². The Labute approximate surface area is 120 Å². The molecule has 0 aromatic carbocycles. The SMILES string of the molecule is COCCNc1nnc(SCCc2ccccn2)s1. The monoisotopic (exact) mass is 296 g/mol. The minimum absolute atomic E-state index is 0.668. The van der Waals surface area contributed by atoms with E-state index in [4.69, 9.17) is 4.74 Å². The quantitative estimate of drug-likeness (QED) is 0.596. The van der Waals surface area contributed by atoms with Gasteiger partial charge in [0.15, 0.2) is 4.34 Å². The number of anilines is 1. The predicted molar refractivity (Wildman–Crippen MR) is 78.9 cm³/mol. The second kappa shape index (κ2) is 8.08. The van der Waals surface area contributed by atoms with E-state index >= 15 is 0 Å². The first-order valence-corrected chi connectivity index (χ1v) is 7.77. The Kier molecular flexibility index (Phi) is 6.06. The van der Waals surface area contributed by atoms with Crippen LogP contribution in [0.15, 0.2) is 28.7 Å². The van der Waals surface area contributed by atoms with Crippen LogP contribution in [0.2, 0.25) is 0 Å². The van der Waals surface area contributed by atoms with Crippen LogP contribution in [-0.2, 0) is 11.2 Å². The molecule has 0 unspecified atom stereocenters. The highest BCUT2D eigenvalue weighted by Gasteiger charge is 2.04. The normalized spacial score (nSPS) is 10.6. The molecule has 7 heteroatoms. The van der Waals surface area contributed by atoms with Crippen molar-refractivity contribution in [3.05, 3.63) is 30.1 Å². The fourth-order valence-corrected chi connectivity index (χ4v) is 3.20. The highest BCUT2D eigenvalue weighted by atomic mass is 32.2. The van der Waals surface area contributed by atoms with Gasteiger partial charge in [0.05, 0.1) is 6.61 Å². The van der Waals surface area contributed by atoms with Crippen molar-refractivity contribution in [3.63, 3.8) is 0 Å². The molecule has 0 radical (unpaired) electrons. The molecular formula is C12H16N4OS2. The van der Waals surface area contributed by atoms with E-state index in [9.17, 15) is 0 Å². The molecule has 19 heavy (non-hydrogen) atoms. The van der Waals surface area contributed by atoms with Crippen molar-refractivity contribution in [1.29, 1.82) is 0 Å². The largest absolute Gasteiger partial charge is 0.383 e. The van der Waals surface area contributed by atoms with Crippen molar-refractivity contribution in [2.24, 2.45) is 0 Å². The third-order valence-electron chi connectivity index (χ3n) is 2.30. The fourth-order valence-electron chi connectivity index (χ4n) is 1.39. The van der Waals surface area contributed by atoms with E-state index in [1.807, 2.05) is 24.4 Å². The maximum absolute atomic E-state index is 4.97. The van der Waals surface area contributed by atoms with Crippen LogP contribution in [0.3, 0.4) is 0 Å². The minimum atomic E-state index is 0.668. The van der Waals surface area contributed by atoms with E-state index in [-0.39, 0.29) is 0 Å². The van der Waals surface area contributed by atoms with Gasteiger partial charge in [-0.15, -0.1) is 10.2 Å². The van der Waals surface area contributed by atoms with Crippen molar-refractivity contribution in [2.45, 2.75) is 10.8 Å². The summed E-state index contributed by atoms with van der Waals surface area (Å²) in [6, 6.07) is 5.98. The summed E-state index contributed by atoms with van der Waals surface area (Å²) in [6.45, 7) is 1.42. The number of rotatable bonds is 8. The van der Waals surface area contributed by atoms with Crippen LogP contribution in [0.4, 0.5) is 5.13 Å². The standard InChI is InChI=1S/C12H16N4OS2/c1-17-8-7-14-11-15-16-12(19-11)18-9-5-10-4-2-3-6-13-10/h2-4,6H,5,7-9H2,1H3,(H,14,15). The first-order valence-electron chi connectivity index (χ1n) is 5.97. The average Bonchev–Trinajstić information content (AvgIpc) is 2.88. The molecule has 2 aromatic rings. The Morgan fingerprint density at radius 2 is 2.32 bits per heavy atom. The van der Waals surface area contributed by atoms with Crippen molar-refractivity contribution >= 4 is 28.2 Å². The molecule has 0 amide bonds. The summed E-state index contributed by atoms with van der Waals surface area (Å²) in [4.78, 5) is 4.29. The number of nitrogens with zero attached hydrogens (tertiary/aromatic N) is 3. The Bertz CT molecular complexity index is 478. The first kappa shape index (κ1) is 14.2. The summed E-state index contributed by atoms with van der Waals surface area (Å²) >= 11 is 3.28. The summed E-state index contributed by atoms with van der Waals surface area (Å²) in [5.41, 5.74) is 1.11.